The molecule has 96 valence electrons. The van der Waals surface area contributed by atoms with Crippen molar-refractivity contribution >= 4 is 17.2 Å². The number of aryl methyl sites for hydroxylation is 1. The summed E-state index contributed by atoms with van der Waals surface area (Å²) in [7, 11) is 0. The Kier molecular flexibility index (Phi) is 3.81. The Morgan fingerprint density at radius 2 is 2.22 bits per heavy atom. The summed E-state index contributed by atoms with van der Waals surface area (Å²) in [5.74, 6) is 0.414. The van der Waals surface area contributed by atoms with Crippen molar-refractivity contribution in [2.75, 3.05) is 5.32 Å². The smallest absolute Gasteiger partial charge is 0.293 e. The average Bonchev–Trinajstić information content (AvgIpc) is 2.73. The molecule has 0 saturated heterocycles. The molecule has 4 nitrogen and oxygen atoms in total. The lowest BCUT2D eigenvalue weighted by Crippen LogP contribution is -2.25. The molecule has 2 rings (SSSR count). The second kappa shape index (κ2) is 5.35. The molecular weight excluding hydrogens is 246 g/mol. The van der Waals surface area contributed by atoms with Crippen LogP contribution in [0.1, 0.15) is 31.0 Å². The van der Waals surface area contributed by atoms with Crippen LogP contribution in [0, 0.1) is 6.92 Å². The van der Waals surface area contributed by atoms with E-state index in [1.165, 1.54) is 11.1 Å². The number of rotatable bonds is 4. The topological polar surface area (TPSA) is 46.9 Å². The first-order valence-corrected chi connectivity index (χ1v) is 6.86. The van der Waals surface area contributed by atoms with Crippen LogP contribution in [-0.4, -0.2) is 9.55 Å². The molecule has 0 saturated carbocycles. The lowest BCUT2D eigenvalue weighted by atomic mass is 10.2. The SMILES string of the molecule is Cc1cscc1CNc1nccn(C(C)C)c1=O. The fourth-order valence-electron chi connectivity index (χ4n) is 1.70. The van der Waals surface area contributed by atoms with Crippen molar-refractivity contribution in [1.29, 1.82) is 0 Å². The van der Waals surface area contributed by atoms with Gasteiger partial charge in [-0.1, -0.05) is 0 Å². The minimum atomic E-state index is -0.0691. The Labute approximate surface area is 110 Å². The summed E-state index contributed by atoms with van der Waals surface area (Å²) in [6, 6.07) is 0.143. The molecule has 0 atom stereocenters. The van der Waals surface area contributed by atoms with Crippen molar-refractivity contribution in [3.05, 3.63) is 44.6 Å². The number of nitrogens with one attached hydrogen (secondary N) is 1. The number of anilines is 1. The van der Waals surface area contributed by atoms with E-state index in [9.17, 15) is 4.79 Å². The van der Waals surface area contributed by atoms with Crippen LogP contribution in [0.25, 0.3) is 0 Å². The molecule has 0 spiro atoms. The third kappa shape index (κ3) is 2.61. The highest BCUT2D eigenvalue weighted by Crippen LogP contribution is 2.14. The molecule has 0 unspecified atom stereocenters. The Balaban J connectivity index is 2.18. The standard InChI is InChI=1S/C13H17N3OS/c1-9(2)16-5-4-14-12(13(16)17)15-6-11-8-18-7-10(11)3/h4-5,7-9H,6H2,1-3H3,(H,14,15). The molecule has 0 radical (unpaired) electrons. The second-order valence-electron chi connectivity index (χ2n) is 4.52. The van der Waals surface area contributed by atoms with Gasteiger partial charge in [-0.15, -0.1) is 0 Å². The summed E-state index contributed by atoms with van der Waals surface area (Å²) in [5.41, 5.74) is 2.38. The summed E-state index contributed by atoms with van der Waals surface area (Å²) in [6.07, 6.45) is 3.37. The van der Waals surface area contributed by atoms with Crippen molar-refractivity contribution in [3.8, 4) is 0 Å². The number of hydrogen-bond acceptors (Lipinski definition) is 4. The lowest BCUT2D eigenvalue weighted by Gasteiger charge is -2.11. The monoisotopic (exact) mass is 263 g/mol. The van der Waals surface area contributed by atoms with Crippen LogP contribution in [-0.2, 0) is 6.54 Å². The molecule has 2 aromatic rings. The zero-order chi connectivity index (χ0) is 13.1. The zero-order valence-electron chi connectivity index (χ0n) is 10.8. The Bertz CT molecular complexity index is 586. The first-order valence-electron chi connectivity index (χ1n) is 5.92. The normalized spacial score (nSPS) is 10.9. The fraction of sp³-hybridized carbons (Fsp3) is 0.385. The van der Waals surface area contributed by atoms with Gasteiger partial charge in [-0.2, -0.15) is 11.3 Å². The van der Waals surface area contributed by atoms with Crippen LogP contribution in [0.5, 0.6) is 0 Å². The Hall–Kier alpha value is -1.62. The Morgan fingerprint density at radius 1 is 1.44 bits per heavy atom. The molecule has 0 bridgehead atoms. The molecule has 5 heteroatoms. The van der Waals surface area contributed by atoms with Gasteiger partial charge in [0.2, 0.25) is 0 Å². The molecule has 2 aromatic heterocycles. The molecule has 0 aromatic carbocycles. The first-order chi connectivity index (χ1) is 8.59. The molecule has 0 fully saturated rings. The van der Waals surface area contributed by atoms with Crippen LogP contribution in [0.4, 0.5) is 5.82 Å². The maximum atomic E-state index is 12.1. The van der Waals surface area contributed by atoms with Crippen LogP contribution in [0.3, 0.4) is 0 Å². The minimum Gasteiger partial charge on any atom is -0.361 e. The molecule has 0 aliphatic carbocycles. The molecule has 0 amide bonds. The third-order valence-corrected chi connectivity index (χ3v) is 3.74. The van der Waals surface area contributed by atoms with Gasteiger partial charge in [0.15, 0.2) is 5.82 Å². The minimum absolute atomic E-state index is 0.0691. The van der Waals surface area contributed by atoms with Gasteiger partial charge < -0.3 is 9.88 Å². The molecule has 18 heavy (non-hydrogen) atoms. The summed E-state index contributed by atoms with van der Waals surface area (Å²) in [4.78, 5) is 16.2. The van der Waals surface area contributed by atoms with E-state index in [0.717, 1.165) is 0 Å². The van der Waals surface area contributed by atoms with E-state index in [4.69, 9.17) is 0 Å². The molecule has 0 aliphatic heterocycles. The van der Waals surface area contributed by atoms with Gasteiger partial charge in [0, 0.05) is 25.0 Å². The predicted molar refractivity (Wildman–Crippen MR) is 75.3 cm³/mol. The van der Waals surface area contributed by atoms with E-state index >= 15 is 0 Å². The van der Waals surface area contributed by atoms with Crippen molar-refractivity contribution in [2.24, 2.45) is 0 Å². The summed E-state index contributed by atoms with van der Waals surface area (Å²) in [6.45, 7) is 6.67. The highest BCUT2D eigenvalue weighted by molar-refractivity contribution is 7.08. The summed E-state index contributed by atoms with van der Waals surface area (Å²) >= 11 is 1.67. The van der Waals surface area contributed by atoms with Gasteiger partial charge in [-0.25, -0.2) is 4.98 Å². The largest absolute Gasteiger partial charge is 0.361 e. The molecule has 1 N–H and O–H groups in total. The van der Waals surface area contributed by atoms with E-state index in [-0.39, 0.29) is 11.6 Å². The van der Waals surface area contributed by atoms with E-state index < -0.39 is 0 Å². The van der Waals surface area contributed by atoms with Crippen molar-refractivity contribution in [3.63, 3.8) is 0 Å². The number of thiophene rings is 1. The van der Waals surface area contributed by atoms with Gasteiger partial charge in [0.05, 0.1) is 0 Å². The second-order valence-corrected chi connectivity index (χ2v) is 5.26. The van der Waals surface area contributed by atoms with Crippen LogP contribution >= 0.6 is 11.3 Å². The zero-order valence-corrected chi connectivity index (χ0v) is 11.6. The van der Waals surface area contributed by atoms with Crippen LogP contribution in [0.15, 0.2) is 27.9 Å². The average molecular weight is 263 g/mol. The first kappa shape index (κ1) is 12.8. The van der Waals surface area contributed by atoms with E-state index in [0.29, 0.717) is 12.4 Å². The van der Waals surface area contributed by atoms with Gasteiger partial charge in [0.25, 0.3) is 5.56 Å². The lowest BCUT2D eigenvalue weighted by molar-refractivity contribution is 0.575. The van der Waals surface area contributed by atoms with Gasteiger partial charge >= 0.3 is 0 Å². The maximum absolute atomic E-state index is 12.1. The molecule has 2 heterocycles. The van der Waals surface area contributed by atoms with E-state index in [2.05, 4.69) is 28.0 Å². The molecular formula is C13H17N3OS. The number of nitrogens with zero attached hydrogens (tertiary/aromatic N) is 2. The molecule has 0 aliphatic rings. The quantitative estimate of drug-likeness (QED) is 0.922. The predicted octanol–water partition coefficient (Wildman–Crippen LogP) is 2.81. The highest BCUT2D eigenvalue weighted by atomic mass is 32.1. The van der Waals surface area contributed by atoms with Crippen LogP contribution in [0.2, 0.25) is 0 Å². The fourth-order valence-corrected chi connectivity index (χ4v) is 2.56. The van der Waals surface area contributed by atoms with Crippen molar-refractivity contribution in [1.82, 2.24) is 9.55 Å². The maximum Gasteiger partial charge on any atom is 0.293 e. The Morgan fingerprint density at radius 3 is 2.83 bits per heavy atom. The van der Waals surface area contributed by atoms with E-state index in [1.54, 1.807) is 28.3 Å². The van der Waals surface area contributed by atoms with Gasteiger partial charge in [-0.3, -0.25) is 4.79 Å². The van der Waals surface area contributed by atoms with Crippen molar-refractivity contribution in [2.45, 2.75) is 33.4 Å². The van der Waals surface area contributed by atoms with Gasteiger partial charge in [-0.05, 0) is 42.7 Å². The van der Waals surface area contributed by atoms with Gasteiger partial charge in [0.1, 0.15) is 0 Å². The van der Waals surface area contributed by atoms with Crippen molar-refractivity contribution < 1.29 is 0 Å². The summed E-state index contributed by atoms with van der Waals surface area (Å²) < 4.78 is 1.68. The van der Waals surface area contributed by atoms with E-state index in [1.807, 2.05) is 13.8 Å². The number of aromatic nitrogens is 2. The third-order valence-electron chi connectivity index (χ3n) is 2.83. The summed E-state index contributed by atoms with van der Waals surface area (Å²) in [5, 5.41) is 7.30. The van der Waals surface area contributed by atoms with Crippen LogP contribution < -0.4 is 10.9 Å². The highest BCUT2D eigenvalue weighted by Gasteiger charge is 2.07. The number of hydrogen-bond donors (Lipinski definition) is 1.